The summed E-state index contributed by atoms with van der Waals surface area (Å²) in [5.41, 5.74) is 0. The van der Waals surface area contributed by atoms with Crippen LogP contribution in [0, 0.1) is 0 Å². The standard InChI is InChI=1S/17CH4.2H2O/h17*1H4;2*1H2. The Balaban J connectivity index is 0. The maximum Gasteiger partial charge on any atom is -0.0776 e. The van der Waals surface area contributed by atoms with Crippen molar-refractivity contribution in [3.63, 3.8) is 0 Å². The SMILES string of the molecule is C.C.C.C.C.C.C.C.C.C.C.C.C.C.C.C.C.O.O. The summed E-state index contributed by atoms with van der Waals surface area (Å²) in [5.74, 6) is 0. The summed E-state index contributed by atoms with van der Waals surface area (Å²) in [6.07, 6.45) is 0. The minimum Gasteiger partial charge on any atom is -0.412 e. The Kier molecular flexibility index (Phi) is 40100000000. The van der Waals surface area contributed by atoms with Crippen molar-refractivity contribution in [1.82, 2.24) is 0 Å². The van der Waals surface area contributed by atoms with E-state index in [1.807, 2.05) is 0 Å². The topological polar surface area (TPSA) is 63.0 Å². The monoisotopic (exact) mass is 309 g/mol. The van der Waals surface area contributed by atoms with E-state index in [4.69, 9.17) is 0 Å². The smallest absolute Gasteiger partial charge is 0.0776 e. The van der Waals surface area contributed by atoms with Gasteiger partial charge in [0, 0.05) is 0 Å². The van der Waals surface area contributed by atoms with Gasteiger partial charge >= 0.3 is 0 Å². The van der Waals surface area contributed by atoms with E-state index in [0.29, 0.717) is 0 Å². The molecule has 0 bridgehead atoms. The summed E-state index contributed by atoms with van der Waals surface area (Å²) < 4.78 is 0. The van der Waals surface area contributed by atoms with Gasteiger partial charge in [-0.2, -0.15) is 0 Å². The molecule has 0 spiro atoms. The van der Waals surface area contributed by atoms with Crippen molar-refractivity contribution >= 4 is 0 Å². The van der Waals surface area contributed by atoms with Gasteiger partial charge in [-0.15, -0.1) is 0 Å². The lowest BCUT2D eigenvalue weighted by Gasteiger charge is -0.413. The molecule has 2 heteroatoms. The van der Waals surface area contributed by atoms with Crippen molar-refractivity contribution in [2.75, 3.05) is 0 Å². The van der Waals surface area contributed by atoms with Crippen LogP contribution in [0.25, 0.3) is 0 Å². The maximum absolute atomic E-state index is 0. The fraction of sp³-hybridized carbons (Fsp3) is 1.00. The molecule has 152 valence electrons. The first kappa shape index (κ1) is 949000. The van der Waals surface area contributed by atoms with Gasteiger partial charge in [-0.25, -0.2) is 0 Å². The Morgan fingerprint density at radius 3 is 0.105 bits per heavy atom. The van der Waals surface area contributed by atoms with E-state index in [1.54, 1.807) is 0 Å². The van der Waals surface area contributed by atoms with Crippen molar-refractivity contribution in [2.45, 2.75) is 126 Å². The Bertz CT molecular complexity index is 9.22. The Morgan fingerprint density at radius 1 is 0.105 bits per heavy atom. The fourth-order valence-corrected chi connectivity index (χ4v) is 0. The van der Waals surface area contributed by atoms with E-state index in [-0.39, 0.29) is 137 Å². The average Bonchev–Trinajstić information content (AvgIpc) is 0. The van der Waals surface area contributed by atoms with E-state index in [1.165, 1.54) is 0 Å². The summed E-state index contributed by atoms with van der Waals surface area (Å²) in [7, 11) is 0. The molecule has 0 aromatic heterocycles. The third-order valence-electron chi connectivity index (χ3n) is 0. The molecule has 0 aliphatic heterocycles. The molecule has 0 aliphatic carbocycles. The van der Waals surface area contributed by atoms with Gasteiger partial charge in [0.15, 0.2) is 0 Å². The molecule has 0 amide bonds. The van der Waals surface area contributed by atoms with Crippen molar-refractivity contribution < 1.29 is 11.0 Å². The van der Waals surface area contributed by atoms with Crippen molar-refractivity contribution in [3.05, 3.63) is 0 Å². The van der Waals surface area contributed by atoms with Gasteiger partial charge in [0.05, 0.1) is 0 Å². The summed E-state index contributed by atoms with van der Waals surface area (Å²) in [6.45, 7) is 0. The third kappa shape index (κ3) is 710000. The second-order valence-electron chi connectivity index (χ2n) is 0. The Hall–Kier alpha value is -0.0800. The van der Waals surface area contributed by atoms with Crippen LogP contribution < -0.4 is 0 Å². The fourth-order valence-electron chi connectivity index (χ4n) is 0. The van der Waals surface area contributed by atoms with Crippen molar-refractivity contribution in [2.24, 2.45) is 0 Å². The van der Waals surface area contributed by atoms with E-state index in [9.17, 15) is 0 Å². The molecule has 0 atom stereocenters. The molecule has 0 rings (SSSR count). The van der Waals surface area contributed by atoms with Gasteiger partial charge in [-0.1, -0.05) is 126 Å². The first-order valence-corrected chi connectivity index (χ1v) is 0. The highest BCUT2D eigenvalue weighted by Crippen LogP contribution is 0.160. The highest BCUT2D eigenvalue weighted by atomic mass is 16.0. The van der Waals surface area contributed by atoms with Crippen molar-refractivity contribution in [3.8, 4) is 0 Å². The second-order valence-corrected chi connectivity index (χ2v) is 0. The molecule has 4 N–H and O–H groups in total. The normalized spacial score (nSPS) is 0. The molecule has 0 aromatic rings. The predicted octanol–water partition coefficient (Wildman–Crippen LogP) is 9.16. The largest absolute Gasteiger partial charge is 0.412 e. The lowest BCUT2D eigenvalue weighted by Crippen LogP contribution is -0.290. The molecule has 0 saturated carbocycles. The zero-order valence-corrected chi connectivity index (χ0v) is 1.00. The van der Waals surface area contributed by atoms with Crippen LogP contribution >= 0.6 is 0 Å². The molecule has 0 aromatic carbocycles. The first-order valence-electron chi connectivity index (χ1n) is 0. The van der Waals surface area contributed by atoms with Crippen LogP contribution in [0.3, 0.4) is 0 Å². The molecule has 0 unspecified atom stereocenters. The lowest BCUT2D eigenvalue weighted by atomic mass is 12.0. The van der Waals surface area contributed by atoms with Gasteiger partial charge in [-0.3, -0.25) is 0 Å². The summed E-state index contributed by atoms with van der Waals surface area (Å²) in [6, 6.07) is 0. The molecule has 0 radical (unpaired) electrons. The van der Waals surface area contributed by atoms with Crippen molar-refractivity contribution in [1.29, 1.82) is 0 Å². The van der Waals surface area contributed by atoms with Crippen LogP contribution in [0.5, 0.6) is 0 Å². The summed E-state index contributed by atoms with van der Waals surface area (Å²) in [5, 5.41) is 0. The van der Waals surface area contributed by atoms with Gasteiger partial charge in [0.25, 0.3) is 0 Å². The van der Waals surface area contributed by atoms with Crippen LogP contribution in [-0.4, -0.2) is 11.0 Å². The summed E-state index contributed by atoms with van der Waals surface area (Å²) in [4.78, 5) is 0. The average molecular weight is 309 g/mol. The first-order chi connectivity index (χ1) is 0. The minimum atomic E-state index is 0. The van der Waals surface area contributed by atoms with Crippen LogP contribution in [0.15, 0.2) is 0 Å². The highest BCUT2D eigenvalue weighted by Gasteiger charge is -0.0615. The molecular weight excluding hydrogens is 236 g/mol. The Labute approximate surface area is 138 Å². The molecule has 2 nitrogen and oxygen atoms in total. The Morgan fingerprint density at radius 2 is 0.105 bits per heavy atom. The quantitative estimate of drug-likeness (QED) is 0.428. The zero-order valence-electron chi connectivity index (χ0n) is 1.00. The lowest BCUT2D eigenvalue weighted by molar-refractivity contribution is 0.823. The van der Waals surface area contributed by atoms with E-state index in [2.05, 4.69) is 0 Å². The predicted molar refractivity (Wildman–Crippen MR) is 122 cm³/mol. The molecule has 0 fully saturated rings. The highest BCUT2D eigenvalue weighted by molar-refractivity contribution is 2.52. The number of hydrogen-bond acceptors (Lipinski definition) is 0. The second kappa shape index (κ2) is 802000. The minimum absolute atomic E-state index is 0. The molecular formula is C17H72O2. The molecule has 19 heavy (non-hydrogen) atoms. The number of hydrogen-bond donors (Lipinski definition) is 0. The van der Waals surface area contributed by atoms with E-state index >= 15 is 0 Å². The summed E-state index contributed by atoms with van der Waals surface area (Å²) >= 11 is 0. The van der Waals surface area contributed by atoms with Crippen LogP contribution in [0.2, 0.25) is 0 Å². The zero-order chi connectivity index (χ0) is 0. The molecule has 0 aliphatic rings. The molecule has 0 saturated heterocycles. The number of rotatable bonds is 0. The van der Waals surface area contributed by atoms with Gasteiger partial charge in [-0.05, 0) is 0 Å². The maximum atomic E-state index is 0. The van der Waals surface area contributed by atoms with Gasteiger partial charge < -0.3 is 11.0 Å². The van der Waals surface area contributed by atoms with Crippen LogP contribution in [0.1, 0.15) is 126 Å². The third-order valence-corrected chi connectivity index (χ3v) is 0. The molecule has 0 heterocycles. The van der Waals surface area contributed by atoms with Crippen LogP contribution in [-0.2, 0) is 0 Å². The van der Waals surface area contributed by atoms with E-state index in [0.717, 1.165) is 0 Å². The van der Waals surface area contributed by atoms with E-state index < -0.39 is 0 Å². The van der Waals surface area contributed by atoms with Gasteiger partial charge in [0.2, 0.25) is 0 Å². The van der Waals surface area contributed by atoms with Gasteiger partial charge in [0.1, 0.15) is 0 Å². The van der Waals surface area contributed by atoms with Crippen LogP contribution in [0.4, 0.5) is 0 Å².